The molecule has 0 aliphatic heterocycles. The fraction of sp³-hybridized carbons (Fsp3) is 0.625. The first-order valence-electron chi connectivity index (χ1n) is 3.94. The molecule has 1 heterocycles. The van der Waals surface area contributed by atoms with Crippen LogP contribution in [0.15, 0.2) is 10.7 Å². The minimum atomic E-state index is 0.631. The predicted molar refractivity (Wildman–Crippen MR) is 41.1 cm³/mol. The highest BCUT2D eigenvalue weighted by molar-refractivity contribution is 5.24. The SMILES string of the molecule is Cc1oncc1C1CC1CN. The van der Waals surface area contributed by atoms with E-state index in [4.69, 9.17) is 10.3 Å². The second-order valence-corrected chi connectivity index (χ2v) is 3.18. The molecule has 0 amide bonds. The van der Waals surface area contributed by atoms with Crippen molar-refractivity contribution in [1.82, 2.24) is 5.16 Å². The van der Waals surface area contributed by atoms with Gasteiger partial charge in [0.1, 0.15) is 5.76 Å². The van der Waals surface area contributed by atoms with Crippen LogP contribution in [0.1, 0.15) is 23.7 Å². The third-order valence-corrected chi connectivity index (χ3v) is 2.41. The Morgan fingerprint density at radius 3 is 3.09 bits per heavy atom. The molecule has 60 valence electrons. The lowest BCUT2D eigenvalue weighted by Crippen LogP contribution is -2.01. The fourth-order valence-corrected chi connectivity index (χ4v) is 1.55. The zero-order chi connectivity index (χ0) is 7.84. The summed E-state index contributed by atoms with van der Waals surface area (Å²) >= 11 is 0. The van der Waals surface area contributed by atoms with Gasteiger partial charge >= 0.3 is 0 Å². The molecule has 1 aromatic heterocycles. The van der Waals surface area contributed by atoms with Gasteiger partial charge in [0, 0.05) is 5.56 Å². The molecule has 1 aromatic rings. The molecule has 3 heteroatoms. The first-order chi connectivity index (χ1) is 5.33. The van der Waals surface area contributed by atoms with Crippen molar-refractivity contribution < 1.29 is 4.52 Å². The first kappa shape index (κ1) is 6.85. The van der Waals surface area contributed by atoms with Gasteiger partial charge < -0.3 is 10.3 Å². The van der Waals surface area contributed by atoms with Crippen LogP contribution in [-0.4, -0.2) is 11.7 Å². The van der Waals surface area contributed by atoms with E-state index in [2.05, 4.69) is 5.16 Å². The zero-order valence-corrected chi connectivity index (χ0v) is 6.58. The Balaban J connectivity index is 2.14. The number of aromatic nitrogens is 1. The summed E-state index contributed by atoms with van der Waals surface area (Å²) in [5.74, 6) is 2.25. The Hall–Kier alpha value is -0.830. The van der Waals surface area contributed by atoms with E-state index in [1.165, 1.54) is 12.0 Å². The molecule has 1 fully saturated rings. The van der Waals surface area contributed by atoms with Gasteiger partial charge in [0.15, 0.2) is 0 Å². The average molecular weight is 152 g/mol. The Morgan fingerprint density at radius 1 is 1.82 bits per heavy atom. The smallest absolute Gasteiger partial charge is 0.137 e. The zero-order valence-electron chi connectivity index (χ0n) is 6.58. The lowest BCUT2D eigenvalue weighted by atomic mass is 10.1. The molecule has 0 bridgehead atoms. The molecule has 1 saturated carbocycles. The molecule has 2 rings (SSSR count). The van der Waals surface area contributed by atoms with E-state index in [1.54, 1.807) is 0 Å². The largest absolute Gasteiger partial charge is 0.361 e. The summed E-state index contributed by atoms with van der Waals surface area (Å²) < 4.78 is 4.97. The van der Waals surface area contributed by atoms with E-state index in [0.717, 1.165) is 12.3 Å². The van der Waals surface area contributed by atoms with Gasteiger partial charge in [-0.1, -0.05) is 5.16 Å². The maximum absolute atomic E-state index is 5.53. The monoisotopic (exact) mass is 152 g/mol. The van der Waals surface area contributed by atoms with E-state index >= 15 is 0 Å². The van der Waals surface area contributed by atoms with E-state index in [1.807, 2.05) is 13.1 Å². The standard InChI is InChI=1S/C8H12N2O/c1-5-8(4-10-11-5)7-2-6(7)3-9/h4,6-7H,2-3,9H2,1H3. The van der Waals surface area contributed by atoms with Gasteiger partial charge in [-0.15, -0.1) is 0 Å². The van der Waals surface area contributed by atoms with Crippen molar-refractivity contribution in [2.45, 2.75) is 19.3 Å². The van der Waals surface area contributed by atoms with Crippen molar-refractivity contribution in [3.8, 4) is 0 Å². The summed E-state index contributed by atoms with van der Waals surface area (Å²) in [4.78, 5) is 0. The van der Waals surface area contributed by atoms with Gasteiger partial charge in [-0.2, -0.15) is 0 Å². The summed E-state index contributed by atoms with van der Waals surface area (Å²) in [5, 5.41) is 3.74. The molecule has 2 unspecified atom stereocenters. The number of nitrogens with zero attached hydrogens (tertiary/aromatic N) is 1. The Kier molecular flexibility index (Phi) is 1.46. The molecule has 1 aliphatic carbocycles. The molecule has 0 radical (unpaired) electrons. The second-order valence-electron chi connectivity index (χ2n) is 3.18. The number of nitrogens with two attached hydrogens (primary N) is 1. The Bertz CT molecular complexity index is 256. The maximum Gasteiger partial charge on any atom is 0.137 e. The van der Waals surface area contributed by atoms with Crippen LogP contribution in [0.2, 0.25) is 0 Å². The summed E-state index contributed by atoms with van der Waals surface area (Å²) in [5.41, 5.74) is 6.78. The number of rotatable bonds is 2. The third-order valence-electron chi connectivity index (χ3n) is 2.41. The molecule has 0 spiro atoms. The van der Waals surface area contributed by atoms with Crippen LogP contribution < -0.4 is 5.73 Å². The summed E-state index contributed by atoms with van der Waals surface area (Å²) in [6, 6.07) is 0. The number of hydrogen-bond donors (Lipinski definition) is 1. The molecule has 1 aliphatic rings. The van der Waals surface area contributed by atoms with Crippen molar-refractivity contribution >= 4 is 0 Å². The lowest BCUT2D eigenvalue weighted by Gasteiger charge is -1.92. The highest BCUT2D eigenvalue weighted by atomic mass is 16.5. The van der Waals surface area contributed by atoms with Crippen molar-refractivity contribution in [3.63, 3.8) is 0 Å². The third kappa shape index (κ3) is 1.05. The quantitative estimate of drug-likeness (QED) is 0.689. The number of hydrogen-bond acceptors (Lipinski definition) is 3. The Labute approximate surface area is 65.6 Å². The highest BCUT2D eigenvalue weighted by Crippen LogP contribution is 2.47. The second kappa shape index (κ2) is 2.34. The predicted octanol–water partition coefficient (Wildman–Crippen LogP) is 1.05. The average Bonchev–Trinajstić information content (AvgIpc) is 2.68. The lowest BCUT2D eigenvalue weighted by molar-refractivity contribution is 0.396. The molecule has 2 atom stereocenters. The first-order valence-corrected chi connectivity index (χ1v) is 3.94. The van der Waals surface area contributed by atoms with Crippen molar-refractivity contribution in [2.24, 2.45) is 11.7 Å². The molecule has 11 heavy (non-hydrogen) atoms. The van der Waals surface area contributed by atoms with Gasteiger partial charge in [0.25, 0.3) is 0 Å². The maximum atomic E-state index is 5.53. The van der Waals surface area contributed by atoms with Gasteiger partial charge in [-0.3, -0.25) is 0 Å². The van der Waals surface area contributed by atoms with Crippen LogP contribution in [-0.2, 0) is 0 Å². The van der Waals surface area contributed by atoms with E-state index in [-0.39, 0.29) is 0 Å². The molecular weight excluding hydrogens is 140 g/mol. The minimum Gasteiger partial charge on any atom is -0.361 e. The van der Waals surface area contributed by atoms with Crippen molar-refractivity contribution in [1.29, 1.82) is 0 Å². The summed E-state index contributed by atoms with van der Waals surface area (Å²) in [6.07, 6.45) is 3.02. The van der Waals surface area contributed by atoms with Crippen LogP contribution >= 0.6 is 0 Å². The summed E-state index contributed by atoms with van der Waals surface area (Å²) in [7, 11) is 0. The van der Waals surface area contributed by atoms with E-state index in [9.17, 15) is 0 Å². The molecular formula is C8H12N2O. The minimum absolute atomic E-state index is 0.631. The van der Waals surface area contributed by atoms with Crippen LogP contribution in [0.25, 0.3) is 0 Å². The molecule has 2 N–H and O–H groups in total. The fourth-order valence-electron chi connectivity index (χ4n) is 1.55. The van der Waals surface area contributed by atoms with Crippen molar-refractivity contribution in [3.05, 3.63) is 17.5 Å². The van der Waals surface area contributed by atoms with Gasteiger partial charge in [0.2, 0.25) is 0 Å². The normalized spacial score (nSPS) is 28.9. The van der Waals surface area contributed by atoms with Crippen LogP contribution in [0.3, 0.4) is 0 Å². The molecule has 3 nitrogen and oxygen atoms in total. The van der Waals surface area contributed by atoms with E-state index < -0.39 is 0 Å². The Morgan fingerprint density at radius 2 is 2.64 bits per heavy atom. The van der Waals surface area contributed by atoms with Crippen molar-refractivity contribution in [2.75, 3.05) is 6.54 Å². The van der Waals surface area contributed by atoms with E-state index in [0.29, 0.717) is 11.8 Å². The molecule has 0 aromatic carbocycles. The summed E-state index contributed by atoms with van der Waals surface area (Å²) in [6.45, 7) is 2.74. The topological polar surface area (TPSA) is 52.0 Å². The van der Waals surface area contributed by atoms with Gasteiger partial charge in [-0.05, 0) is 31.7 Å². The van der Waals surface area contributed by atoms with Crippen LogP contribution in [0.4, 0.5) is 0 Å². The van der Waals surface area contributed by atoms with Crippen LogP contribution in [0.5, 0.6) is 0 Å². The molecule has 0 saturated heterocycles. The van der Waals surface area contributed by atoms with Gasteiger partial charge in [0.05, 0.1) is 6.20 Å². The highest BCUT2D eigenvalue weighted by Gasteiger charge is 2.39. The van der Waals surface area contributed by atoms with Gasteiger partial charge in [-0.25, -0.2) is 0 Å². The number of aryl methyl sites for hydroxylation is 1. The van der Waals surface area contributed by atoms with Crippen LogP contribution in [0, 0.1) is 12.8 Å².